The monoisotopic (exact) mass is 313 g/mol. The summed E-state index contributed by atoms with van der Waals surface area (Å²) < 4.78 is 8.76. The van der Waals surface area contributed by atoms with Gasteiger partial charge in [-0.25, -0.2) is 0 Å². The second-order valence-corrected chi connectivity index (χ2v) is 5.84. The van der Waals surface area contributed by atoms with Crippen molar-refractivity contribution in [3.63, 3.8) is 0 Å². The topological polar surface area (TPSA) is 77.9 Å². The molecule has 0 atom stereocenters. The number of carbonyl (C=O) groups is 1. The van der Waals surface area contributed by atoms with Gasteiger partial charge in [0.1, 0.15) is 5.69 Å². The average molecular weight is 313 g/mol. The summed E-state index contributed by atoms with van der Waals surface area (Å²) in [4.78, 5) is 12.5. The fraction of sp³-hybridized carbons (Fsp3) is 0.312. The first-order valence-electron chi connectivity index (χ1n) is 7.44. The van der Waals surface area contributed by atoms with E-state index in [1.807, 2.05) is 10.9 Å². The molecule has 0 aliphatic heterocycles. The van der Waals surface area contributed by atoms with E-state index in [4.69, 9.17) is 4.42 Å². The molecule has 3 aromatic rings. The van der Waals surface area contributed by atoms with Crippen LogP contribution in [0.15, 0.2) is 41.4 Å². The number of carbonyl (C=O) groups excluding carboxylic acids is 1. The highest BCUT2D eigenvalue weighted by atomic mass is 16.3. The zero-order valence-corrected chi connectivity index (χ0v) is 13.4. The van der Waals surface area contributed by atoms with Crippen LogP contribution in [0.5, 0.6) is 0 Å². The van der Waals surface area contributed by atoms with Gasteiger partial charge in [0.15, 0.2) is 5.76 Å². The number of rotatable bonds is 5. The van der Waals surface area contributed by atoms with E-state index in [0.29, 0.717) is 28.6 Å². The van der Waals surface area contributed by atoms with Crippen molar-refractivity contribution in [1.29, 1.82) is 0 Å². The third-order valence-corrected chi connectivity index (χ3v) is 3.27. The molecule has 23 heavy (non-hydrogen) atoms. The Bertz CT molecular complexity index is 798. The highest BCUT2D eigenvalue weighted by Gasteiger charge is 2.19. The minimum Gasteiger partial charge on any atom is -0.463 e. The van der Waals surface area contributed by atoms with Crippen LogP contribution < -0.4 is 5.32 Å². The Hall–Kier alpha value is -2.83. The quantitative estimate of drug-likeness (QED) is 0.785. The van der Waals surface area contributed by atoms with E-state index in [9.17, 15) is 4.79 Å². The molecule has 120 valence electrons. The summed E-state index contributed by atoms with van der Waals surface area (Å²) >= 11 is 0. The second-order valence-electron chi connectivity index (χ2n) is 5.84. The Morgan fingerprint density at radius 3 is 2.91 bits per heavy atom. The molecule has 0 aromatic carbocycles. The van der Waals surface area contributed by atoms with Crippen LogP contribution >= 0.6 is 0 Å². The Morgan fingerprint density at radius 1 is 1.39 bits per heavy atom. The van der Waals surface area contributed by atoms with Gasteiger partial charge in [0.05, 0.1) is 23.7 Å². The predicted octanol–water partition coefficient (Wildman–Crippen LogP) is 2.78. The Balaban J connectivity index is 1.80. The van der Waals surface area contributed by atoms with E-state index in [0.717, 1.165) is 6.54 Å². The predicted molar refractivity (Wildman–Crippen MR) is 85.9 cm³/mol. The molecule has 7 heteroatoms. The maximum absolute atomic E-state index is 12.5. The summed E-state index contributed by atoms with van der Waals surface area (Å²) in [6.45, 7) is 5.04. The molecule has 0 aliphatic carbocycles. The van der Waals surface area contributed by atoms with Crippen LogP contribution in [-0.2, 0) is 13.6 Å². The highest BCUT2D eigenvalue weighted by molar-refractivity contribution is 6.07. The molecule has 0 saturated heterocycles. The third kappa shape index (κ3) is 3.33. The molecule has 3 rings (SSSR count). The number of aryl methyl sites for hydroxylation is 1. The molecule has 0 unspecified atom stereocenters. The second kappa shape index (κ2) is 6.12. The zero-order chi connectivity index (χ0) is 16.4. The van der Waals surface area contributed by atoms with E-state index in [-0.39, 0.29) is 5.91 Å². The standard InChI is InChI=1S/C16H19N5O2/c1-11(2)8-21-9-12(7-17-21)18-16(22)13-10-20(3)19-15(13)14-5-4-6-23-14/h4-7,9-11H,8H2,1-3H3,(H,18,22). The first-order valence-corrected chi connectivity index (χ1v) is 7.44. The fourth-order valence-corrected chi connectivity index (χ4v) is 2.35. The molecular weight excluding hydrogens is 294 g/mol. The van der Waals surface area contributed by atoms with Crippen LogP contribution in [0.2, 0.25) is 0 Å². The minimum atomic E-state index is -0.242. The minimum absolute atomic E-state index is 0.242. The van der Waals surface area contributed by atoms with Crippen molar-refractivity contribution in [3.05, 3.63) is 42.5 Å². The van der Waals surface area contributed by atoms with E-state index in [2.05, 4.69) is 29.4 Å². The van der Waals surface area contributed by atoms with Crippen molar-refractivity contribution < 1.29 is 9.21 Å². The Kier molecular flexibility index (Phi) is 4.01. The molecule has 7 nitrogen and oxygen atoms in total. The number of hydrogen-bond acceptors (Lipinski definition) is 4. The van der Waals surface area contributed by atoms with Crippen molar-refractivity contribution >= 4 is 11.6 Å². The maximum Gasteiger partial charge on any atom is 0.259 e. The molecular formula is C16H19N5O2. The number of nitrogens with one attached hydrogen (secondary N) is 1. The van der Waals surface area contributed by atoms with Gasteiger partial charge < -0.3 is 9.73 Å². The van der Waals surface area contributed by atoms with Crippen LogP contribution in [0.25, 0.3) is 11.5 Å². The van der Waals surface area contributed by atoms with Gasteiger partial charge >= 0.3 is 0 Å². The smallest absolute Gasteiger partial charge is 0.259 e. The molecule has 0 radical (unpaired) electrons. The van der Waals surface area contributed by atoms with Crippen LogP contribution in [0.4, 0.5) is 5.69 Å². The fourth-order valence-electron chi connectivity index (χ4n) is 2.35. The van der Waals surface area contributed by atoms with Gasteiger partial charge in [-0.15, -0.1) is 0 Å². The maximum atomic E-state index is 12.5. The number of amides is 1. The number of furan rings is 1. The molecule has 0 aliphatic rings. The number of anilines is 1. The Morgan fingerprint density at radius 2 is 2.22 bits per heavy atom. The molecule has 0 fully saturated rings. The molecule has 0 spiro atoms. The van der Waals surface area contributed by atoms with E-state index in [1.165, 1.54) is 0 Å². The summed E-state index contributed by atoms with van der Waals surface area (Å²) in [7, 11) is 1.77. The zero-order valence-electron chi connectivity index (χ0n) is 13.4. The molecule has 3 aromatic heterocycles. The van der Waals surface area contributed by atoms with Gasteiger partial charge in [-0.3, -0.25) is 14.2 Å². The van der Waals surface area contributed by atoms with Crippen molar-refractivity contribution in [2.24, 2.45) is 13.0 Å². The van der Waals surface area contributed by atoms with E-state index < -0.39 is 0 Å². The molecule has 0 saturated carbocycles. The van der Waals surface area contributed by atoms with Gasteiger partial charge in [0, 0.05) is 26.0 Å². The third-order valence-electron chi connectivity index (χ3n) is 3.27. The molecule has 1 N–H and O–H groups in total. The normalized spacial score (nSPS) is 11.1. The van der Waals surface area contributed by atoms with Gasteiger partial charge in [0.25, 0.3) is 5.91 Å². The highest BCUT2D eigenvalue weighted by Crippen LogP contribution is 2.23. The van der Waals surface area contributed by atoms with Crippen LogP contribution in [-0.4, -0.2) is 25.5 Å². The molecule has 1 amide bonds. The van der Waals surface area contributed by atoms with Crippen molar-refractivity contribution in [2.75, 3.05) is 5.32 Å². The van der Waals surface area contributed by atoms with Crippen LogP contribution in [0.1, 0.15) is 24.2 Å². The number of aromatic nitrogens is 4. The first kappa shape index (κ1) is 15.1. The average Bonchev–Trinajstić information content (AvgIpc) is 3.18. The van der Waals surface area contributed by atoms with E-state index in [1.54, 1.807) is 42.5 Å². The summed E-state index contributed by atoms with van der Waals surface area (Å²) in [5, 5.41) is 11.4. The van der Waals surface area contributed by atoms with Gasteiger partial charge in [-0.05, 0) is 18.1 Å². The lowest BCUT2D eigenvalue weighted by Crippen LogP contribution is -2.12. The van der Waals surface area contributed by atoms with Gasteiger partial charge in [-0.1, -0.05) is 13.8 Å². The van der Waals surface area contributed by atoms with Crippen molar-refractivity contribution in [2.45, 2.75) is 20.4 Å². The molecule has 3 heterocycles. The Labute approximate surface area is 133 Å². The van der Waals surface area contributed by atoms with Crippen molar-refractivity contribution in [3.8, 4) is 11.5 Å². The van der Waals surface area contributed by atoms with Crippen molar-refractivity contribution in [1.82, 2.24) is 19.6 Å². The largest absolute Gasteiger partial charge is 0.463 e. The summed E-state index contributed by atoms with van der Waals surface area (Å²) in [5.74, 6) is 0.808. The lowest BCUT2D eigenvalue weighted by Gasteiger charge is -2.04. The van der Waals surface area contributed by atoms with Gasteiger partial charge in [0.2, 0.25) is 0 Å². The first-order chi connectivity index (χ1) is 11.0. The molecule has 0 bridgehead atoms. The summed E-state index contributed by atoms with van der Waals surface area (Å²) in [6.07, 6.45) is 6.69. The van der Waals surface area contributed by atoms with Gasteiger partial charge in [-0.2, -0.15) is 10.2 Å². The van der Waals surface area contributed by atoms with Crippen LogP contribution in [0, 0.1) is 5.92 Å². The van der Waals surface area contributed by atoms with E-state index >= 15 is 0 Å². The summed E-state index contributed by atoms with van der Waals surface area (Å²) in [6, 6.07) is 3.54. The lowest BCUT2D eigenvalue weighted by atomic mass is 10.2. The lowest BCUT2D eigenvalue weighted by molar-refractivity contribution is 0.102. The SMILES string of the molecule is CC(C)Cn1cc(NC(=O)c2cn(C)nc2-c2ccco2)cn1. The van der Waals surface area contributed by atoms with Crippen LogP contribution in [0.3, 0.4) is 0 Å². The summed E-state index contributed by atoms with van der Waals surface area (Å²) in [5.41, 5.74) is 1.63. The number of nitrogens with zero attached hydrogens (tertiary/aromatic N) is 4. The number of hydrogen-bond donors (Lipinski definition) is 1.